The number of nitrogens with zero attached hydrogens (tertiary/aromatic N) is 2. The van der Waals surface area contributed by atoms with Crippen LogP contribution in [0.25, 0.3) is 0 Å². The van der Waals surface area contributed by atoms with Crippen LogP contribution < -0.4 is 14.4 Å². The lowest BCUT2D eigenvalue weighted by Gasteiger charge is -2.34. The van der Waals surface area contributed by atoms with Crippen molar-refractivity contribution in [1.82, 2.24) is 10.2 Å². The number of amides is 2. The Labute approximate surface area is 280 Å². The first kappa shape index (κ1) is 34.8. The summed E-state index contributed by atoms with van der Waals surface area (Å²) in [6, 6.07) is 27.7. The molecule has 1 unspecified atom stereocenters. The Morgan fingerprint density at radius 1 is 0.848 bits per heavy atom. The van der Waals surface area contributed by atoms with E-state index < -0.39 is 28.5 Å². The number of hydrogen-bond donors (Lipinski definition) is 1. The summed E-state index contributed by atoms with van der Waals surface area (Å²) in [6.07, 6.45) is 0.198. The van der Waals surface area contributed by atoms with Crippen LogP contribution in [0.15, 0.2) is 108 Å². The minimum Gasteiger partial charge on any atom is -0.497 e. The third kappa shape index (κ3) is 9.02. The molecule has 0 radical (unpaired) electrons. The second kappa shape index (κ2) is 16.0. The van der Waals surface area contributed by atoms with Gasteiger partial charge in [-0.2, -0.15) is 0 Å². The van der Waals surface area contributed by atoms with Crippen LogP contribution in [-0.4, -0.2) is 51.4 Å². The Hall–Kier alpha value is -4.05. The van der Waals surface area contributed by atoms with Gasteiger partial charge in [0.2, 0.25) is 11.8 Å². The van der Waals surface area contributed by atoms with Crippen LogP contribution >= 0.6 is 23.2 Å². The number of halogens is 2. The Balaban J connectivity index is 1.83. The van der Waals surface area contributed by atoms with E-state index in [4.69, 9.17) is 27.9 Å². The molecule has 8 nitrogen and oxygen atoms in total. The van der Waals surface area contributed by atoms with Gasteiger partial charge in [-0.1, -0.05) is 97.7 Å². The molecule has 46 heavy (non-hydrogen) atoms. The Bertz CT molecular complexity index is 1740. The third-order valence-electron chi connectivity index (χ3n) is 7.23. The van der Waals surface area contributed by atoms with Gasteiger partial charge in [0, 0.05) is 24.5 Å². The van der Waals surface area contributed by atoms with Crippen LogP contribution in [0.4, 0.5) is 5.69 Å². The summed E-state index contributed by atoms with van der Waals surface area (Å²) in [5, 5.41) is 3.30. The molecule has 0 saturated carbocycles. The topological polar surface area (TPSA) is 96.0 Å². The Morgan fingerprint density at radius 2 is 1.50 bits per heavy atom. The summed E-state index contributed by atoms with van der Waals surface area (Å²) in [4.78, 5) is 29.8. The quantitative estimate of drug-likeness (QED) is 0.162. The van der Waals surface area contributed by atoms with E-state index in [1.165, 1.54) is 35.2 Å². The highest BCUT2D eigenvalue weighted by atomic mass is 35.5. The molecule has 1 atom stereocenters. The molecule has 0 spiro atoms. The molecule has 0 aromatic heterocycles. The number of sulfonamides is 1. The van der Waals surface area contributed by atoms with E-state index in [0.717, 1.165) is 9.87 Å². The van der Waals surface area contributed by atoms with E-state index in [-0.39, 0.29) is 45.4 Å². The summed E-state index contributed by atoms with van der Waals surface area (Å²) in [7, 11) is -2.77. The van der Waals surface area contributed by atoms with Gasteiger partial charge < -0.3 is 15.0 Å². The van der Waals surface area contributed by atoms with Gasteiger partial charge in [0.1, 0.15) is 18.3 Å². The number of rotatable bonds is 14. The van der Waals surface area contributed by atoms with Crippen molar-refractivity contribution in [2.75, 3.05) is 24.5 Å². The van der Waals surface area contributed by atoms with Crippen molar-refractivity contribution >= 4 is 50.7 Å². The number of ether oxygens (including phenoxy) is 1. The minimum atomic E-state index is -4.31. The summed E-state index contributed by atoms with van der Waals surface area (Å²) in [6.45, 7) is 3.71. The molecule has 0 aliphatic heterocycles. The molecule has 0 heterocycles. The summed E-state index contributed by atoms with van der Waals surface area (Å²) >= 11 is 12.8. The largest absolute Gasteiger partial charge is 0.497 e. The smallest absolute Gasteiger partial charge is 0.264 e. The maximum atomic E-state index is 14.6. The zero-order valence-corrected chi connectivity index (χ0v) is 28.2. The van der Waals surface area contributed by atoms with Crippen molar-refractivity contribution in [2.45, 2.75) is 37.8 Å². The monoisotopic (exact) mass is 681 g/mol. The molecular formula is C35H37Cl2N3O5S. The molecule has 0 fully saturated rings. The van der Waals surface area contributed by atoms with Crippen molar-refractivity contribution in [3.63, 3.8) is 0 Å². The number of carbonyl (C=O) groups excluding carboxylic acids is 2. The van der Waals surface area contributed by atoms with E-state index >= 15 is 0 Å². The van der Waals surface area contributed by atoms with Gasteiger partial charge in [-0.15, -0.1) is 0 Å². The minimum absolute atomic E-state index is 0.00509. The molecule has 0 aliphatic carbocycles. The maximum absolute atomic E-state index is 14.6. The molecule has 1 N–H and O–H groups in total. The van der Waals surface area contributed by atoms with E-state index in [0.29, 0.717) is 17.9 Å². The highest BCUT2D eigenvalue weighted by molar-refractivity contribution is 7.92. The van der Waals surface area contributed by atoms with Gasteiger partial charge in [0.15, 0.2) is 0 Å². The van der Waals surface area contributed by atoms with Crippen LogP contribution in [0.1, 0.15) is 25.0 Å². The lowest BCUT2D eigenvalue weighted by molar-refractivity contribution is -0.140. The first-order chi connectivity index (χ1) is 22.0. The van der Waals surface area contributed by atoms with E-state index in [2.05, 4.69) is 5.32 Å². The summed E-state index contributed by atoms with van der Waals surface area (Å²) in [5.41, 5.74) is 1.57. The Morgan fingerprint density at radius 3 is 2.15 bits per heavy atom. The van der Waals surface area contributed by atoms with Crippen molar-refractivity contribution in [1.29, 1.82) is 0 Å². The average molecular weight is 683 g/mol. The molecular weight excluding hydrogens is 645 g/mol. The van der Waals surface area contributed by atoms with Gasteiger partial charge in [-0.3, -0.25) is 13.9 Å². The van der Waals surface area contributed by atoms with Crippen LogP contribution in [0.5, 0.6) is 5.75 Å². The number of methoxy groups -OCH3 is 1. The molecule has 242 valence electrons. The number of carbonyl (C=O) groups is 2. The van der Waals surface area contributed by atoms with Crippen LogP contribution in [0.3, 0.4) is 0 Å². The molecule has 0 aliphatic rings. The van der Waals surface area contributed by atoms with Gasteiger partial charge in [-0.25, -0.2) is 8.42 Å². The number of benzene rings is 4. The van der Waals surface area contributed by atoms with Crippen LogP contribution in [0.2, 0.25) is 10.0 Å². The average Bonchev–Trinajstić information content (AvgIpc) is 3.06. The first-order valence-corrected chi connectivity index (χ1v) is 17.0. The highest BCUT2D eigenvalue weighted by Gasteiger charge is 2.35. The SMILES string of the molecule is COc1cccc(CN(C(=O)CN(c2cc(Cl)ccc2Cl)S(=O)(=O)c2ccccc2)C(Cc2ccccc2)C(=O)NCC(C)C)c1. The zero-order valence-electron chi connectivity index (χ0n) is 25.9. The van der Waals surface area contributed by atoms with E-state index in [1.807, 2.05) is 50.2 Å². The normalized spacial score (nSPS) is 12.0. The fraction of sp³-hybridized carbons (Fsp3) is 0.257. The van der Waals surface area contributed by atoms with Crippen molar-refractivity contribution < 1.29 is 22.7 Å². The zero-order chi connectivity index (χ0) is 33.3. The first-order valence-electron chi connectivity index (χ1n) is 14.8. The van der Waals surface area contributed by atoms with Crippen LogP contribution in [-0.2, 0) is 32.6 Å². The Kier molecular flexibility index (Phi) is 12.1. The lowest BCUT2D eigenvalue weighted by Crippen LogP contribution is -2.53. The third-order valence-corrected chi connectivity index (χ3v) is 9.56. The summed E-state index contributed by atoms with van der Waals surface area (Å²) < 4.78 is 34.6. The molecule has 0 saturated heterocycles. The van der Waals surface area contributed by atoms with E-state index in [1.54, 1.807) is 43.5 Å². The fourth-order valence-electron chi connectivity index (χ4n) is 4.85. The molecule has 4 aromatic carbocycles. The number of anilines is 1. The predicted octanol–water partition coefficient (Wildman–Crippen LogP) is 6.61. The van der Waals surface area contributed by atoms with Crippen molar-refractivity contribution in [3.8, 4) is 5.75 Å². The van der Waals surface area contributed by atoms with Crippen molar-refractivity contribution in [2.24, 2.45) is 5.92 Å². The number of hydrogen-bond acceptors (Lipinski definition) is 5. The predicted molar refractivity (Wildman–Crippen MR) is 183 cm³/mol. The summed E-state index contributed by atoms with van der Waals surface area (Å²) in [5.74, 6) is -0.223. The second-order valence-corrected chi connectivity index (χ2v) is 13.8. The highest BCUT2D eigenvalue weighted by Crippen LogP contribution is 2.33. The van der Waals surface area contributed by atoms with Crippen molar-refractivity contribution in [3.05, 3.63) is 124 Å². The molecule has 0 bridgehead atoms. The fourth-order valence-corrected chi connectivity index (χ4v) is 6.74. The molecule has 2 amide bonds. The van der Waals surface area contributed by atoms with Gasteiger partial charge >= 0.3 is 0 Å². The van der Waals surface area contributed by atoms with Crippen LogP contribution in [0, 0.1) is 5.92 Å². The number of nitrogens with one attached hydrogen (secondary N) is 1. The molecule has 4 rings (SSSR count). The second-order valence-electron chi connectivity index (χ2n) is 11.1. The van der Waals surface area contributed by atoms with Gasteiger partial charge in [0.25, 0.3) is 10.0 Å². The standard InChI is InChI=1S/C35H37Cl2N3O5S/c1-25(2)22-38-35(42)33(20-26-11-6-4-7-12-26)39(23-27-13-10-14-29(19-27)45-3)34(41)24-40(32-21-28(36)17-18-31(32)37)46(43,44)30-15-8-5-9-16-30/h4-19,21,25,33H,20,22-24H2,1-3H3,(H,38,42). The van der Waals surface area contributed by atoms with Gasteiger partial charge in [0.05, 0.1) is 22.7 Å². The molecule has 4 aromatic rings. The van der Waals surface area contributed by atoms with E-state index in [9.17, 15) is 18.0 Å². The molecule has 11 heteroatoms. The lowest BCUT2D eigenvalue weighted by atomic mass is 10.0. The maximum Gasteiger partial charge on any atom is 0.264 e. The van der Waals surface area contributed by atoms with Gasteiger partial charge in [-0.05, 0) is 59.5 Å².